The molecular weight excluding hydrogens is 256 g/mol. The molecule has 0 spiro atoms. The molecule has 0 radical (unpaired) electrons. The lowest BCUT2D eigenvalue weighted by molar-refractivity contribution is 0.0927. The van der Waals surface area contributed by atoms with Crippen molar-refractivity contribution in [2.75, 3.05) is 26.7 Å². The Balaban J connectivity index is 2.71. The van der Waals surface area contributed by atoms with E-state index in [-0.39, 0.29) is 23.3 Å². The Labute approximate surface area is 120 Å². The number of rotatable bonds is 7. The van der Waals surface area contributed by atoms with Crippen molar-refractivity contribution < 1.29 is 14.6 Å². The third-order valence-electron chi connectivity index (χ3n) is 3.25. The molecule has 1 unspecified atom stereocenters. The highest BCUT2D eigenvalue weighted by atomic mass is 16.5. The van der Waals surface area contributed by atoms with Crippen molar-refractivity contribution >= 4 is 5.91 Å². The van der Waals surface area contributed by atoms with E-state index in [1.807, 2.05) is 6.92 Å². The summed E-state index contributed by atoms with van der Waals surface area (Å²) in [6.45, 7) is 8.80. The van der Waals surface area contributed by atoms with E-state index in [1.54, 1.807) is 6.07 Å². The van der Waals surface area contributed by atoms with Crippen LogP contribution in [0.4, 0.5) is 0 Å². The van der Waals surface area contributed by atoms with Crippen LogP contribution in [0.1, 0.15) is 31.1 Å². The van der Waals surface area contributed by atoms with E-state index in [1.165, 1.54) is 19.2 Å². The van der Waals surface area contributed by atoms with Crippen LogP contribution in [0.25, 0.3) is 0 Å². The molecule has 20 heavy (non-hydrogen) atoms. The van der Waals surface area contributed by atoms with E-state index in [0.29, 0.717) is 5.75 Å². The number of nitrogens with zero attached hydrogens (tertiary/aromatic N) is 1. The first kappa shape index (κ1) is 16.3. The van der Waals surface area contributed by atoms with E-state index >= 15 is 0 Å². The SMILES string of the molecule is CCN(CC)CC(C)NC(=O)c1cc(OC)ccc1O. The van der Waals surface area contributed by atoms with Gasteiger partial charge < -0.3 is 20.1 Å². The highest BCUT2D eigenvalue weighted by Crippen LogP contribution is 2.22. The number of aromatic hydroxyl groups is 1. The average Bonchev–Trinajstić information content (AvgIpc) is 2.45. The fourth-order valence-corrected chi connectivity index (χ4v) is 2.04. The highest BCUT2D eigenvalue weighted by Gasteiger charge is 2.16. The first-order chi connectivity index (χ1) is 9.51. The maximum absolute atomic E-state index is 12.2. The van der Waals surface area contributed by atoms with Crippen LogP contribution in [0.2, 0.25) is 0 Å². The second kappa shape index (κ2) is 7.75. The van der Waals surface area contributed by atoms with Crippen molar-refractivity contribution in [1.29, 1.82) is 0 Å². The number of likely N-dealkylation sites (N-methyl/N-ethyl adjacent to an activating group) is 1. The number of phenols is 1. The molecule has 0 heterocycles. The van der Waals surface area contributed by atoms with Crippen molar-refractivity contribution in [3.05, 3.63) is 23.8 Å². The summed E-state index contributed by atoms with van der Waals surface area (Å²) in [7, 11) is 1.52. The van der Waals surface area contributed by atoms with Gasteiger partial charge in [0.15, 0.2) is 0 Å². The molecule has 0 aliphatic carbocycles. The molecular formula is C15H24N2O3. The van der Waals surface area contributed by atoms with Gasteiger partial charge in [0.1, 0.15) is 11.5 Å². The van der Waals surface area contributed by atoms with Crippen LogP contribution in [-0.2, 0) is 0 Å². The summed E-state index contributed by atoms with van der Waals surface area (Å²) in [5.74, 6) is 0.212. The van der Waals surface area contributed by atoms with Gasteiger partial charge in [-0.3, -0.25) is 4.79 Å². The first-order valence-electron chi connectivity index (χ1n) is 6.92. The van der Waals surface area contributed by atoms with Crippen molar-refractivity contribution in [3.8, 4) is 11.5 Å². The van der Waals surface area contributed by atoms with Crippen LogP contribution in [0.5, 0.6) is 11.5 Å². The van der Waals surface area contributed by atoms with E-state index < -0.39 is 0 Å². The van der Waals surface area contributed by atoms with E-state index in [2.05, 4.69) is 24.1 Å². The van der Waals surface area contributed by atoms with Gasteiger partial charge in [0.2, 0.25) is 0 Å². The molecule has 5 nitrogen and oxygen atoms in total. The number of hydrogen-bond acceptors (Lipinski definition) is 4. The Morgan fingerprint density at radius 3 is 2.60 bits per heavy atom. The van der Waals surface area contributed by atoms with Crippen LogP contribution >= 0.6 is 0 Å². The largest absolute Gasteiger partial charge is 0.507 e. The second-order valence-corrected chi connectivity index (χ2v) is 4.74. The lowest BCUT2D eigenvalue weighted by Crippen LogP contribution is -2.41. The number of amides is 1. The monoisotopic (exact) mass is 280 g/mol. The Kier molecular flexibility index (Phi) is 6.31. The van der Waals surface area contributed by atoms with Gasteiger partial charge in [-0.1, -0.05) is 13.8 Å². The fraction of sp³-hybridized carbons (Fsp3) is 0.533. The highest BCUT2D eigenvalue weighted by molar-refractivity contribution is 5.97. The van der Waals surface area contributed by atoms with Crippen LogP contribution in [0, 0.1) is 0 Å². The van der Waals surface area contributed by atoms with E-state index in [9.17, 15) is 9.90 Å². The predicted molar refractivity (Wildman–Crippen MR) is 79.4 cm³/mol. The Hall–Kier alpha value is -1.75. The van der Waals surface area contributed by atoms with Gasteiger partial charge in [-0.25, -0.2) is 0 Å². The third kappa shape index (κ3) is 4.42. The van der Waals surface area contributed by atoms with Gasteiger partial charge in [-0.2, -0.15) is 0 Å². The molecule has 0 bridgehead atoms. The molecule has 0 aliphatic rings. The van der Waals surface area contributed by atoms with Crippen molar-refractivity contribution in [1.82, 2.24) is 10.2 Å². The zero-order valence-electron chi connectivity index (χ0n) is 12.6. The van der Waals surface area contributed by atoms with Gasteiger partial charge in [0.05, 0.1) is 12.7 Å². The number of nitrogens with one attached hydrogen (secondary N) is 1. The minimum absolute atomic E-state index is 0.00741. The zero-order valence-corrected chi connectivity index (χ0v) is 12.6. The van der Waals surface area contributed by atoms with E-state index in [4.69, 9.17) is 4.74 Å². The van der Waals surface area contributed by atoms with Crippen molar-refractivity contribution in [3.63, 3.8) is 0 Å². The third-order valence-corrected chi connectivity index (χ3v) is 3.25. The number of ether oxygens (including phenoxy) is 1. The van der Waals surface area contributed by atoms with Crippen LogP contribution in [-0.4, -0.2) is 48.7 Å². The van der Waals surface area contributed by atoms with Crippen molar-refractivity contribution in [2.45, 2.75) is 26.8 Å². The van der Waals surface area contributed by atoms with Crippen molar-refractivity contribution in [2.24, 2.45) is 0 Å². The first-order valence-corrected chi connectivity index (χ1v) is 6.92. The van der Waals surface area contributed by atoms with Gasteiger partial charge in [0, 0.05) is 12.6 Å². The molecule has 112 valence electrons. The minimum Gasteiger partial charge on any atom is -0.507 e. The molecule has 5 heteroatoms. The minimum atomic E-state index is -0.291. The Morgan fingerprint density at radius 1 is 1.40 bits per heavy atom. The van der Waals surface area contributed by atoms with E-state index in [0.717, 1.165) is 19.6 Å². The lowest BCUT2D eigenvalue weighted by atomic mass is 10.1. The van der Waals surface area contributed by atoms with Gasteiger partial charge in [-0.05, 0) is 38.2 Å². The molecule has 0 saturated carbocycles. The Morgan fingerprint density at radius 2 is 2.05 bits per heavy atom. The quantitative estimate of drug-likeness (QED) is 0.800. The number of carbonyl (C=O) groups is 1. The van der Waals surface area contributed by atoms with Gasteiger partial charge in [0.25, 0.3) is 5.91 Å². The molecule has 1 aromatic rings. The molecule has 0 saturated heterocycles. The summed E-state index contributed by atoms with van der Waals surface area (Å²) in [6.07, 6.45) is 0. The molecule has 0 aliphatic heterocycles. The van der Waals surface area contributed by atoms with Gasteiger partial charge in [-0.15, -0.1) is 0 Å². The summed E-state index contributed by atoms with van der Waals surface area (Å²) in [5, 5.41) is 12.7. The standard InChI is InChI=1S/C15H24N2O3/c1-5-17(6-2)10-11(3)16-15(19)13-9-12(20-4)7-8-14(13)18/h7-9,11,18H,5-6,10H2,1-4H3,(H,16,19). The van der Waals surface area contributed by atoms with Crippen LogP contribution in [0.3, 0.4) is 0 Å². The molecule has 1 aromatic carbocycles. The second-order valence-electron chi connectivity index (χ2n) is 4.74. The zero-order chi connectivity index (χ0) is 15.1. The maximum Gasteiger partial charge on any atom is 0.255 e. The molecule has 0 fully saturated rings. The smallest absolute Gasteiger partial charge is 0.255 e. The maximum atomic E-state index is 12.2. The summed E-state index contributed by atoms with van der Waals surface area (Å²) < 4.78 is 5.06. The molecule has 1 rings (SSSR count). The molecule has 0 aromatic heterocycles. The molecule has 1 amide bonds. The summed E-state index contributed by atoms with van der Waals surface area (Å²) in [6, 6.07) is 4.62. The lowest BCUT2D eigenvalue weighted by Gasteiger charge is -2.23. The number of benzene rings is 1. The number of hydrogen-bond donors (Lipinski definition) is 2. The van der Waals surface area contributed by atoms with Gasteiger partial charge >= 0.3 is 0 Å². The normalized spacial score (nSPS) is 12.2. The fourth-order valence-electron chi connectivity index (χ4n) is 2.04. The Bertz CT molecular complexity index is 445. The van der Waals surface area contributed by atoms with Crippen LogP contribution in [0.15, 0.2) is 18.2 Å². The topological polar surface area (TPSA) is 61.8 Å². The predicted octanol–water partition coefficient (Wildman–Crippen LogP) is 1.86. The summed E-state index contributed by atoms with van der Waals surface area (Å²) in [5.41, 5.74) is 0.232. The average molecular weight is 280 g/mol. The van der Waals surface area contributed by atoms with Crippen LogP contribution < -0.4 is 10.1 Å². The molecule has 1 atom stereocenters. The summed E-state index contributed by atoms with van der Waals surface area (Å²) in [4.78, 5) is 14.4. The number of methoxy groups -OCH3 is 1. The molecule has 2 N–H and O–H groups in total. The number of carbonyl (C=O) groups excluding carboxylic acids is 1. The summed E-state index contributed by atoms with van der Waals surface area (Å²) >= 11 is 0. The number of phenolic OH excluding ortho intramolecular Hbond substituents is 1.